The quantitative estimate of drug-likeness (QED) is 0.296. The molecule has 0 spiro atoms. The standard InChI is InChI=1S/C30H35N3O4S/c1-4-17-32(18-5-2)19-20-33-25-10-6-7-11-26(25)38-28(22-12-14-24(36-3)15-13-22)27(29(33)34)37-30(35)23-9-8-16-31-21-23/h6-16,21,27-28H,4-5,17-20H2,1-3H3/t27-,28+/m0/s1. The molecule has 0 saturated heterocycles. The van der Waals surface area contributed by atoms with E-state index in [1.807, 2.05) is 48.5 Å². The highest BCUT2D eigenvalue weighted by atomic mass is 32.2. The number of anilines is 1. The van der Waals surface area contributed by atoms with Crippen molar-refractivity contribution < 1.29 is 19.1 Å². The van der Waals surface area contributed by atoms with Gasteiger partial charge >= 0.3 is 5.97 Å². The van der Waals surface area contributed by atoms with Gasteiger partial charge in [-0.25, -0.2) is 4.79 Å². The molecular formula is C30H35N3O4S. The van der Waals surface area contributed by atoms with Crippen LogP contribution in [-0.4, -0.2) is 61.2 Å². The number of thioether (sulfide) groups is 1. The van der Waals surface area contributed by atoms with Gasteiger partial charge < -0.3 is 19.3 Å². The van der Waals surface area contributed by atoms with Crippen LogP contribution < -0.4 is 9.64 Å². The smallest absolute Gasteiger partial charge is 0.340 e. The Morgan fingerprint density at radius 3 is 2.39 bits per heavy atom. The first kappa shape index (κ1) is 27.7. The Morgan fingerprint density at radius 2 is 1.74 bits per heavy atom. The summed E-state index contributed by atoms with van der Waals surface area (Å²) in [4.78, 5) is 36.7. The number of hydrogen-bond acceptors (Lipinski definition) is 7. The first-order valence-corrected chi connectivity index (χ1v) is 14.0. The van der Waals surface area contributed by atoms with Gasteiger partial charge in [0.25, 0.3) is 5.91 Å². The van der Waals surface area contributed by atoms with E-state index in [0.29, 0.717) is 12.1 Å². The van der Waals surface area contributed by atoms with Crippen LogP contribution >= 0.6 is 11.8 Å². The molecule has 0 radical (unpaired) electrons. The second-order valence-electron chi connectivity index (χ2n) is 9.18. The minimum absolute atomic E-state index is 0.228. The van der Waals surface area contributed by atoms with Gasteiger partial charge in [-0.1, -0.05) is 38.1 Å². The van der Waals surface area contributed by atoms with E-state index >= 15 is 0 Å². The minimum Gasteiger partial charge on any atom is -0.497 e. The van der Waals surface area contributed by atoms with Gasteiger partial charge in [-0.05, 0) is 67.9 Å². The zero-order valence-corrected chi connectivity index (χ0v) is 23.0. The zero-order chi connectivity index (χ0) is 26.9. The van der Waals surface area contributed by atoms with Crippen LogP contribution in [0.15, 0.2) is 78.0 Å². The summed E-state index contributed by atoms with van der Waals surface area (Å²) in [6, 6.07) is 18.8. The van der Waals surface area contributed by atoms with Crippen LogP contribution in [0.1, 0.15) is 47.9 Å². The van der Waals surface area contributed by atoms with Crippen molar-refractivity contribution in [3.8, 4) is 5.75 Å². The van der Waals surface area contributed by atoms with Crippen molar-refractivity contribution in [1.29, 1.82) is 0 Å². The van der Waals surface area contributed by atoms with E-state index in [9.17, 15) is 9.59 Å². The van der Waals surface area contributed by atoms with Gasteiger partial charge in [0.2, 0.25) is 0 Å². The molecule has 1 aliphatic heterocycles. The summed E-state index contributed by atoms with van der Waals surface area (Å²) in [5.41, 5.74) is 2.03. The molecule has 0 fully saturated rings. The monoisotopic (exact) mass is 533 g/mol. The molecule has 4 rings (SSSR count). The Morgan fingerprint density at radius 1 is 1.00 bits per heavy atom. The lowest BCUT2D eigenvalue weighted by Gasteiger charge is -2.30. The third-order valence-electron chi connectivity index (χ3n) is 6.49. The molecule has 0 saturated carbocycles. The summed E-state index contributed by atoms with van der Waals surface area (Å²) >= 11 is 1.54. The van der Waals surface area contributed by atoms with Gasteiger partial charge in [0.05, 0.1) is 23.6 Å². The highest BCUT2D eigenvalue weighted by molar-refractivity contribution is 7.99. The average molecular weight is 534 g/mol. The number of ether oxygens (including phenoxy) is 2. The van der Waals surface area contributed by atoms with Crippen molar-refractivity contribution >= 4 is 29.3 Å². The second kappa shape index (κ2) is 13.4. The second-order valence-corrected chi connectivity index (χ2v) is 10.4. The van der Waals surface area contributed by atoms with Crippen molar-refractivity contribution in [1.82, 2.24) is 9.88 Å². The first-order valence-electron chi connectivity index (χ1n) is 13.1. The van der Waals surface area contributed by atoms with Gasteiger partial charge in [0.1, 0.15) is 5.75 Å². The number of pyridine rings is 1. The third-order valence-corrected chi connectivity index (χ3v) is 7.86. The topological polar surface area (TPSA) is 72.0 Å². The third kappa shape index (κ3) is 6.55. The first-order chi connectivity index (χ1) is 18.5. The van der Waals surface area contributed by atoms with Gasteiger partial charge in [-0.2, -0.15) is 0 Å². The number of rotatable bonds is 11. The molecule has 0 aliphatic carbocycles. The number of amides is 1. The Balaban J connectivity index is 1.72. The number of methoxy groups -OCH3 is 1. The molecule has 1 amide bonds. The van der Waals surface area contributed by atoms with Crippen LogP contribution in [0.5, 0.6) is 5.75 Å². The lowest BCUT2D eigenvalue weighted by atomic mass is 10.1. The van der Waals surface area contributed by atoms with Crippen LogP contribution in [-0.2, 0) is 9.53 Å². The van der Waals surface area contributed by atoms with Crippen LogP contribution in [0.4, 0.5) is 5.69 Å². The molecule has 7 nitrogen and oxygen atoms in total. The number of nitrogens with zero attached hydrogens (tertiary/aromatic N) is 3. The lowest BCUT2D eigenvalue weighted by molar-refractivity contribution is -0.127. The Kier molecular flexibility index (Phi) is 9.79. The fourth-order valence-corrected chi connectivity index (χ4v) is 5.95. The highest BCUT2D eigenvalue weighted by Crippen LogP contribution is 2.47. The maximum atomic E-state index is 14.3. The van der Waals surface area contributed by atoms with Gasteiger partial charge in [0, 0.05) is 30.4 Å². The van der Waals surface area contributed by atoms with Crippen molar-refractivity contribution in [3.63, 3.8) is 0 Å². The average Bonchev–Trinajstić information content (AvgIpc) is 3.06. The molecule has 200 valence electrons. The van der Waals surface area contributed by atoms with E-state index in [2.05, 4.69) is 23.7 Å². The van der Waals surface area contributed by atoms with Crippen LogP contribution in [0.25, 0.3) is 0 Å². The number of carbonyl (C=O) groups excluding carboxylic acids is 2. The molecule has 1 aromatic heterocycles. The van der Waals surface area contributed by atoms with Gasteiger partial charge in [0.15, 0.2) is 6.10 Å². The predicted molar refractivity (Wildman–Crippen MR) is 151 cm³/mol. The fraction of sp³-hybridized carbons (Fsp3) is 0.367. The molecule has 38 heavy (non-hydrogen) atoms. The molecule has 0 N–H and O–H groups in total. The summed E-state index contributed by atoms with van der Waals surface area (Å²) in [5, 5.41) is -0.442. The summed E-state index contributed by atoms with van der Waals surface area (Å²) in [6.07, 6.45) is 4.12. The Bertz CT molecular complexity index is 1200. The number of esters is 1. The maximum Gasteiger partial charge on any atom is 0.340 e. The van der Waals surface area contributed by atoms with Crippen LogP contribution in [0, 0.1) is 0 Å². The summed E-state index contributed by atoms with van der Waals surface area (Å²) in [6.45, 7) is 7.52. The van der Waals surface area contributed by atoms with Crippen LogP contribution in [0.3, 0.4) is 0 Å². The normalized spacial score (nSPS) is 17.2. The minimum atomic E-state index is -1.03. The van der Waals surface area contributed by atoms with E-state index in [-0.39, 0.29) is 5.91 Å². The highest BCUT2D eigenvalue weighted by Gasteiger charge is 2.41. The molecule has 8 heteroatoms. The molecule has 2 aromatic carbocycles. The van der Waals surface area contributed by atoms with Crippen molar-refractivity contribution in [2.75, 3.05) is 38.2 Å². The maximum absolute atomic E-state index is 14.3. The molecule has 0 bridgehead atoms. The number of fused-ring (bicyclic) bond motifs is 1. The summed E-state index contributed by atoms with van der Waals surface area (Å²) in [7, 11) is 1.62. The molecule has 2 heterocycles. The number of carbonyl (C=O) groups is 2. The molecule has 1 aliphatic rings. The van der Waals surface area contributed by atoms with Crippen molar-refractivity contribution in [3.05, 3.63) is 84.2 Å². The summed E-state index contributed by atoms with van der Waals surface area (Å²) in [5.74, 6) is -0.0786. The Labute approximate surface area is 229 Å². The number of aromatic nitrogens is 1. The van der Waals surface area contributed by atoms with Gasteiger partial charge in [-0.15, -0.1) is 11.8 Å². The van der Waals surface area contributed by atoms with E-state index in [1.165, 1.54) is 6.20 Å². The lowest BCUT2D eigenvalue weighted by Crippen LogP contribution is -2.46. The van der Waals surface area contributed by atoms with E-state index in [1.54, 1.807) is 42.1 Å². The van der Waals surface area contributed by atoms with E-state index < -0.39 is 17.3 Å². The van der Waals surface area contributed by atoms with Crippen molar-refractivity contribution in [2.45, 2.75) is 42.9 Å². The van der Waals surface area contributed by atoms with E-state index in [4.69, 9.17) is 9.47 Å². The molecule has 0 unspecified atom stereocenters. The van der Waals surface area contributed by atoms with Crippen molar-refractivity contribution in [2.24, 2.45) is 0 Å². The predicted octanol–water partition coefficient (Wildman–Crippen LogP) is 5.62. The van der Waals surface area contributed by atoms with Crippen LogP contribution in [0.2, 0.25) is 0 Å². The SMILES string of the molecule is CCCN(CCC)CCN1C(=O)[C@@H](OC(=O)c2cccnc2)[C@@H](c2ccc(OC)cc2)Sc2ccccc21. The molecule has 2 atom stereocenters. The largest absolute Gasteiger partial charge is 0.497 e. The summed E-state index contributed by atoms with van der Waals surface area (Å²) < 4.78 is 11.4. The Hall–Kier alpha value is -3.36. The molecule has 3 aromatic rings. The fourth-order valence-electron chi connectivity index (χ4n) is 4.64. The number of benzene rings is 2. The van der Waals surface area contributed by atoms with Gasteiger partial charge in [-0.3, -0.25) is 9.78 Å². The number of para-hydroxylation sites is 1. The molecular weight excluding hydrogens is 498 g/mol. The zero-order valence-electron chi connectivity index (χ0n) is 22.2. The van der Waals surface area contributed by atoms with E-state index in [0.717, 1.165) is 54.4 Å². The number of hydrogen-bond donors (Lipinski definition) is 0.